The summed E-state index contributed by atoms with van der Waals surface area (Å²) < 4.78 is 42.6. The number of fused-ring (bicyclic) bond motifs is 1. The number of hydrogen-bond acceptors (Lipinski definition) is 4. The molecule has 2 unspecified atom stereocenters. The minimum absolute atomic E-state index is 0.0626. The highest BCUT2D eigenvalue weighted by atomic mass is 79.9. The van der Waals surface area contributed by atoms with E-state index in [2.05, 4.69) is 31.3 Å². The smallest absolute Gasteiger partial charge is 0.259 e. The van der Waals surface area contributed by atoms with Gasteiger partial charge in [-0.3, -0.25) is 4.79 Å². The molecule has 9 heteroatoms. The number of sulfonamides is 1. The van der Waals surface area contributed by atoms with Gasteiger partial charge < -0.3 is 10.6 Å². The largest absolute Gasteiger partial charge is 0.360 e. The van der Waals surface area contributed by atoms with Crippen molar-refractivity contribution in [2.45, 2.75) is 17.1 Å². The minimum atomic E-state index is -3.87. The van der Waals surface area contributed by atoms with Crippen LogP contribution in [0.15, 0.2) is 82.2 Å². The molecule has 0 saturated carbocycles. The van der Waals surface area contributed by atoms with Gasteiger partial charge in [-0.15, -0.1) is 0 Å². The van der Waals surface area contributed by atoms with Gasteiger partial charge in [-0.05, 0) is 29.8 Å². The lowest BCUT2D eigenvalue weighted by atomic mass is 9.98. The van der Waals surface area contributed by atoms with Crippen LogP contribution in [0.4, 0.5) is 10.1 Å². The molecule has 154 valence electrons. The van der Waals surface area contributed by atoms with Crippen LogP contribution in [0.2, 0.25) is 0 Å². The topological polar surface area (TPSA) is 87.3 Å². The van der Waals surface area contributed by atoms with Crippen LogP contribution in [-0.2, 0) is 14.8 Å². The van der Waals surface area contributed by atoms with Gasteiger partial charge in [-0.25, -0.2) is 12.8 Å². The second-order valence-electron chi connectivity index (χ2n) is 6.71. The molecule has 0 aliphatic carbocycles. The number of hydrogen-bond donors (Lipinski definition) is 3. The third-order valence-corrected chi connectivity index (χ3v) is 6.68. The van der Waals surface area contributed by atoms with E-state index in [1.54, 1.807) is 54.6 Å². The maximum atomic E-state index is 14.7. The highest BCUT2D eigenvalue weighted by Gasteiger charge is 2.34. The maximum Gasteiger partial charge on any atom is 0.259 e. The highest BCUT2D eigenvalue weighted by Crippen LogP contribution is 2.28. The lowest BCUT2D eigenvalue weighted by Crippen LogP contribution is -2.54. The molecular formula is C21H17BrFN3O3S. The second kappa shape index (κ2) is 8.17. The molecule has 30 heavy (non-hydrogen) atoms. The van der Waals surface area contributed by atoms with Gasteiger partial charge >= 0.3 is 0 Å². The summed E-state index contributed by atoms with van der Waals surface area (Å²) in [6.45, 7) is 0. The lowest BCUT2D eigenvalue weighted by molar-refractivity contribution is -0.122. The third-order valence-electron chi connectivity index (χ3n) is 4.70. The molecule has 3 aromatic carbocycles. The van der Waals surface area contributed by atoms with Crippen molar-refractivity contribution in [2.75, 3.05) is 5.32 Å². The summed E-state index contributed by atoms with van der Waals surface area (Å²) in [5, 5.41) is 5.65. The molecule has 1 aliphatic rings. The monoisotopic (exact) mass is 489 g/mol. The van der Waals surface area contributed by atoms with E-state index in [4.69, 9.17) is 0 Å². The SMILES string of the molecule is O=C(NC(c1ccccc1)c1ccc(Br)cc1F)C1Nc2ccccc2S(=O)(=O)N1. The molecule has 0 saturated heterocycles. The summed E-state index contributed by atoms with van der Waals surface area (Å²) in [6, 6.07) is 19.0. The molecular weight excluding hydrogens is 473 g/mol. The number of amides is 1. The summed E-state index contributed by atoms with van der Waals surface area (Å²) in [7, 11) is -3.87. The number of nitrogens with one attached hydrogen (secondary N) is 3. The first-order chi connectivity index (χ1) is 14.3. The zero-order chi connectivity index (χ0) is 21.3. The number of para-hydroxylation sites is 1. The van der Waals surface area contributed by atoms with E-state index in [0.717, 1.165) is 0 Å². The van der Waals surface area contributed by atoms with Crippen molar-refractivity contribution in [2.24, 2.45) is 0 Å². The molecule has 1 aliphatic heterocycles. The van der Waals surface area contributed by atoms with E-state index in [0.29, 0.717) is 15.7 Å². The molecule has 3 aromatic rings. The van der Waals surface area contributed by atoms with Gasteiger partial charge in [-0.2, -0.15) is 4.72 Å². The summed E-state index contributed by atoms with van der Waals surface area (Å²) in [5.41, 5.74) is 1.24. The Bertz CT molecular complexity index is 1210. The van der Waals surface area contributed by atoms with Crippen LogP contribution in [0, 0.1) is 5.82 Å². The molecule has 4 rings (SSSR count). The van der Waals surface area contributed by atoms with Crippen LogP contribution in [0.3, 0.4) is 0 Å². The molecule has 6 nitrogen and oxygen atoms in total. The zero-order valence-electron chi connectivity index (χ0n) is 15.5. The summed E-state index contributed by atoms with van der Waals surface area (Å²) in [4.78, 5) is 13.1. The lowest BCUT2D eigenvalue weighted by Gasteiger charge is -2.29. The summed E-state index contributed by atoms with van der Waals surface area (Å²) in [6.07, 6.45) is -1.24. The van der Waals surface area contributed by atoms with Crippen molar-refractivity contribution in [1.29, 1.82) is 0 Å². The van der Waals surface area contributed by atoms with Gasteiger partial charge in [-0.1, -0.05) is 64.5 Å². The van der Waals surface area contributed by atoms with Gasteiger partial charge in [0.05, 0.1) is 11.7 Å². The average Bonchev–Trinajstić information content (AvgIpc) is 2.72. The second-order valence-corrected chi connectivity index (χ2v) is 9.31. The van der Waals surface area contributed by atoms with Crippen molar-refractivity contribution in [3.05, 3.63) is 94.2 Å². The minimum Gasteiger partial charge on any atom is -0.360 e. The van der Waals surface area contributed by atoms with E-state index in [9.17, 15) is 17.6 Å². The Kier molecular flexibility index (Phi) is 5.59. The van der Waals surface area contributed by atoms with E-state index in [1.807, 2.05) is 6.07 Å². The van der Waals surface area contributed by atoms with E-state index in [-0.39, 0.29) is 10.5 Å². The standard InChI is InChI=1S/C21H17BrFN3O3S/c22-14-10-11-15(16(23)12-14)19(13-6-2-1-3-7-13)25-21(27)20-24-17-8-4-5-9-18(17)30(28,29)26-20/h1-12,19-20,24,26H,(H,25,27). The Morgan fingerprint density at radius 1 is 1.03 bits per heavy atom. The number of carbonyl (C=O) groups excluding carboxylic acids is 1. The fourth-order valence-electron chi connectivity index (χ4n) is 3.29. The number of benzene rings is 3. The Morgan fingerprint density at radius 2 is 1.73 bits per heavy atom. The highest BCUT2D eigenvalue weighted by molar-refractivity contribution is 9.10. The quantitative estimate of drug-likeness (QED) is 0.523. The van der Waals surface area contributed by atoms with Crippen LogP contribution in [0.1, 0.15) is 17.2 Å². The van der Waals surface area contributed by atoms with Crippen LogP contribution in [0.5, 0.6) is 0 Å². The van der Waals surface area contributed by atoms with Gasteiger partial charge in [0.15, 0.2) is 6.17 Å². The van der Waals surface area contributed by atoms with Crippen molar-refractivity contribution < 1.29 is 17.6 Å². The predicted octanol–water partition coefficient (Wildman–Crippen LogP) is 3.52. The van der Waals surface area contributed by atoms with Crippen molar-refractivity contribution in [1.82, 2.24) is 10.0 Å². The average molecular weight is 490 g/mol. The zero-order valence-corrected chi connectivity index (χ0v) is 17.9. The molecule has 0 fully saturated rings. The molecule has 2 atom stereocenters. The van der Waals surface area contributed by atoms with Crippen LogP contribution >= 0.6 is 15.9 Å². The van der Waals surface area contributed by atoms with Crippen molar-refractivity contribution in [3.63, 3.8) is 0 Å². The number of rotatable bonds is 4. The molecule has 0 radical (unpaired) electrons. The Morgan fingerprint density at radius 3 is 2.47 bits per heavy atom. The third kappa shape index (κ3) is 4.09. The fourth-order valence-corrected chi connectivity index (χ4v) is 4.90. The van der Waals surface area contributed by atoms with E-state index in [1.165, 1.54) is 12.1 Å². The molecule has 0 spiro atoms. The first kappa shape index (κ1) is 20.5. The molecule has 1 heterocycles. The van der Waals surface area contributed by atoms with Crippen LogP contribution in [0.25, 0.3) is 0 Å². The number of halogens is 2. The molecule has 3 N–H and O–H groups in total. The fraction of sp³-hybridized carbons (Fsp3) is 0.0952. The Hall–Kier alpha value is -2.75. The first-order valence-electron chi connectivity index (χ1n) is 9.03. The first-order valence-corrected chi connectivity index (χ1v) is 11.3. The molecule has 0 aromatic heterocycles. The van der Waals surface area contributed by atoms with Gasteiger partial charge in [0, 0.05) is 10.0 Å². The summed E-state index contributed by atoms with van der Waals surface area (Å²) >= 11 is 3.23. The van der Waals surface area contributed by atoms with E-state index >= 15 is 0 Å². The summed E-state index contributed by atoms with van der Waals surface area (Å²) in [5.74, 6) is -1.13. The number of carbonyl (C=O) groups is 1. The van der Waals surface area contributed by atoms with Crippen LogP contribution in [-0.4, -0.2) is 20.5 Å². The van der Waals surface area contributed by atoms with Crippen molar-refractivity contribution >= 4 is 37.5 Å². The number of anilines is 1. The van der Waals surface area contributed by atoms with Gasteiger partial charge in [0.2, 0.25) is 10.0 Å². The normalized spacial score (nSPS) is 18.0. The molecule has 1 amide bonds. The van der Waals surface area contributed by atoms with E-state index < -0.39 is 34.0 Å². The predicted molar refractivity (Wildman–Crippen MR) is 115 cm³/mol. The Labute approximate surface area is 181 Å². The Balaban J connectivity index is 1.66. The van der Waals surface area contributed by atoms with Gasteiger partial charge in [0.1, 0.15) is 10.7 Å². The van der Waals surface area contributed by atoms with Crippen LogP contribution < -0.4 is 15.4 Å². The van der Waals surface area contributed by atoms with Crippen molar-refractivity contribution in [3.8, 4) is 0 Å². The molecule has 0 bridgehead atoms. The van der Waals surface area contributed by atoms with Gasteiger partial charge in [0.25, 0.3) is 5.91 Å². The maximum absolute atomic E-state index is 14.7.